The van der Waals surface area contributed by atoms with Gasteiger partial charge >= 0.3 is 0 Å². The summed E-state index contributed by atoms with van der Waals surface area (Å²) in [5.74, 6) is -0.384. The number of pyridine rings is 1. The second kappa shape index (κ2) is 10.2. The summed E-state index contributed by atoms with van der Waals surface area (Å²) >= 11 is 0. The second-order valence-electron chi connectivity index (χ2n) is 4.72. The van der Waals surface area contributed by atoms with Crippen molar-refractivity contribution in [3.8, 4) is 0 Å². The van der Waals surface area contributed by atoms with Gasteiger partial charge in [-0.15, -0.1) is 24.8 Å². The lowest BCUT2D eigenvalue weighted by molar-refractivity contribution is -0.123. The van der Waals surface area contributed by atoms with E-state index in [2.05, 4.69) is 10.3 Å². The molecule has 0 aliphatic rings. The molecule has 2 atom stereocenters. The molecule has 0 spiro atoms. The molecule has 3 N–H and O–H groups in total. The Labute approximate surface area is 143 Å². The smallest absolute Gasteiger partial charge is 0.229 e. The standard InChI is InChI=1S/C16H19N3O.2ClH/c1-12(14-8-5-9-18-11-14)19-16(20)15(10-17)13-6-3-2-4-7-13;;/h2-9,11-12,15H,10,17H2,1H3,(H,19,20);2*1H/t12-,15?;;/m0../s1. The monoisotopic (exact) mass is 341 g/mol. The Bertz CT molecular complexity index is 552. The normalized spacial score (nSPS) is 12.3. The van der Waals surface area contributed by atoms with Crippen molar-refractivity contribution in [2.45, 2.75) is 18.9 Å². The molecule has 1 amide bonds. The number of halogens is 2. The third kappa shape index (κ3) is 5.30. The van der Waals surface area contributed by atoms with Gasteiger partial charge in [0.1, 0.15) is 0 Å². The predicted octanol–water partition coefficient (Wildman–Crippen LogP) is 2.84. The van der Waals surface area contributed by atoms with E-state index in [9.17, 15) is 4.79 Å². The highest BCUT2D eigenvalue weighted by atomic mass is 35.5. The van der Waals surface area contributed by atoms with Crippen LogP contribution in [0.1, 0.15) is 30.0 Å². The molecule has 0 radical (unpaired) electrons. The van der Waals surface area contributed by atoms with E-state index in [4.69, 9.17) is 5.73 Å². The Morgan fingerprint density at radius 2 is 1.77 bits per heavy atom. The summed E-state index contributed by atoms with van der Waals surface area (Å²) in [5, 5.41) is 2.99. The van der Waals surface area contributed by atoms with Crippen LogP contribution in [0.15, 0.2) is 54.9 Å². The molecular formula is C16H21Cl2N3O. The van der Waals surface area contributed by atoms with Crippen molar-refractivity contribution in [2.24, 2.45) is 5.73 Å². The van der Waals surface area contributed by atoms with Crippen LogP contribution in [0.4, 0.5) is 0 Å². The van der Waals surface area contributed by atoms with Gasteiger partial charge in [0.2, 0.25) is 5.91 Å². The topological polar surface area (TPSA) is 68.0 Å². The molecule has 1 aromatic carbocycles. The van der Waals surface area contributed by atoms with Crippen molar-refractivity contribution in [2.75, 3.05) is 6.54 Å². The number of rotatable bonds is 5. The van der Waals surface area contributed by atoms with Crippen molar-refractivity contribution in [3.05, 3.63) is 66.0 Å². The third-order valence-corrected chi connectivity index (χ3v) is 3.30. The number of amides is 1. The highest BCUT2D eigenvalue weighted by molar-refractivity contribution is 5.85. The molecule has 2 aromatic rings. The number of carbonyl (C=O) groups is 1. The van der Waals surface area contributed by atoms with Crippen molar-refractivity contribution >= 4 is 30.7 Å². The molecule has 0 saturated heterocycles. The van der Waals surface area contributed by atoms with Gasteiger partial charge in [-0.25, -0.2) is 0 Å². The number of benzene rings is 1. The molecule has 2 rings (SSSR count). The highest BCUT2D eigenvalue weighted by Gasteiger charge is 2.20. The molecule has 1 heterocycles. The van der Waals surface area contributed by atoms with Crippen molar-refractivity contribution in [1.29, 1.82) is 0 Å². The largest absolute Gasteiger partial charge is 0.349 e. The van der Waals surface area contributed by atoms with Gasteiger partial charge in [0.25, 0.3) is 0 Å². The summed E-state index contributed by atoms with van der Waals surface area (Å²) < 4.78 is 0. The van der Waals surface area contributed by atoms with E-state index in [0.29, 0.717) is 0 Å². The molecule has 0 fully saturated rings. The maximum atomic E-state index is 12.3. The van der Waals surface area contributed by atoms with Gasteiger partial charge in [-0.3, -0.25) is 9.78 Å². The zero-order chi connectivity index (χ0) is 14.4. The van der Waals surface area contributed by atoms with E-state index in [1.807, 2.05) is 49.4 Å². The molecule has 0 bridgehead atoms. The van der Waals surface area contributed by atoms with Crippen LogP contribution in [0, 0.1) is 0 Å². The van der Waals surface area contributed by atoms with E-state index in [1.54, 1.807) is 12.4 Å². The quantitative estimate of drug-likeness (QED) is 0.878. The summed E-state index contributed by atoms with van der Waals surface area (Å²) in [7, 11) is 0. The average Bonchev–Trinajstić information content (AvgIpc) is 2.50. The van der Waals surface area contributed by atoms with Crippen molar-refractivity contribution in [3.63, 3.8) is 0 Å². The predicted molar refractivity (Wildman–Crippen MR) is 93.5 cm³/mol. The minimum atomic E-state index is -0.324. The Hall–Kier alpha value is -1.62. The van der Waals surface area contributed by atoms with E-state index >= 15 is 0 Å². The number of nitrogens with two attached hydrogens (primary N) is 1. The van der Waals surface area contributed by atoms with Gasteiger partial charge in [0.05, 0.1) is 12.0 Å². The number of nitrogens with zero attached hydrogens (tertiary/aromatic N) is 1. The fourth-order valence-corrected chi connectivity index (χ4v) is 2.11. The van der Waals surface area contributed by atoms with Gasteiger partial charge in [0.15, 0.2) is 0 Å². The first-order valence-electron chi connectivity index (χ1n) is 6.67. The van der Waals surface area contributed by atoms with Gasteiger partial charge in [-0.05, 0) is 24.1 Å². The van der Waals surface area contributed by atoms with E-state index in [0.717, 1.165) is 11.1 Å². The van der Waals surface area contributed by atoms with Crippen molar-refractivity contribution < 1.29 is 4.79 Å². The lowest BCUT2D eigenvalue weighted by atomic mass is 9.97. The number of hydrogen-bond donors (Lipinski definition) is 2. The molecule has 22 heavy (non-hydrogen) atoms. The summed E-state index contributed by atoms with van der Waals surface area (Å²) in [6, 6.07) is 13.3. The van der Waals surface area contributed by atoms with E-state index in [1.165, 1.54) is 0 Å². The minimum Gasteiger partial charge on any atom is -0.349 e. The molecule has 0 aliphatic carbocycles. The van der Waals surface area contributed by atoms with Gasteiger partial charge in [-0.1, -0.05) is 36.4 Å². The molecule has 1 aromatic heterocycles. The van der Waals surface area contributed by atoms with E-state index in [-0.39, 0.29) is 49.2 Å². The molecule has 120 valence electrons. The van der Waals surface area contributed by atoms with Gasteiger partial charge in [0, 0.05) is 18.9 Å². The van der Waals surface area contributed by atoms with Crippen LogP contribution < -0.4 is 11.1 Å². The lowest BCUT2D eigenvalue weighted by Crippen LogP contribution is -2.35. The fourth-order valence-electron chi connectivity index (χ4n) is 2.11. The Balaban J connectivity index is 0.00000220. The molecule has 0 saturated carbocycles. The third-order valence-electron chi connectivity index (χ3n) is 3.30. The zero-order valence-corrected chi connectivity index (χ0v) is 13.9. The number of carbonyl (C=O) groups excluding carboxylic acids is 1. The number of aromatic nitrogens is 1. The molecule has 4 nitrogen and oxygen atoms in total. The first-order chi connectivity index (χ1) is 9.72. The fraction of sp³-hybridized carbons (Fsp3) is 0.250. The summed E-state index contributed by atoms with van der Waals surface area (Å²) in [5.41, 5.74) is 7.66. The van der Waals surface area contributed by atoms with Crippen LogP contribution in [-0.2, 0) is 4.79 Å². The number of nitrogens with one attached hydrogen (secondary N) is 1. The highest BCUT2D eigenvalue weighted by Crippen LogP contribution is 2.17. The van der Waals surface area contributed by atoms with Gasteiger partial charge < -0.3 is 11.1 Å². The summed E-state index contributed by atoms with van der Waals surface area (Å²) in [4.78, 5) is 16.4. The van der Waals surface area contributed by atoms with Crippen LogP contribution in [0.5, 0.6) is 0 Å². The Kier molecular flexibility index (Phi) is 9.42. The van der Waals surface area contributed by atoms with Crippen LogP contribution in [0.3, 0.4) is 0 Å². The minimum absolute atomic E-state index is 0. The maximum absolute atomic E-state index is 12.3. The van der Waals surface area contributed by atoms with Crippen LogP contribution in [0.2, 0.25) is 0 Å². The SMILES string of the molecule is C[C@H](NC(=O)C(CN)c1ccccc1)c1cccnc1.Cl.Cl. The van der Waals surface area contributed by atoms with E-state index < -0.39 is 0 Å². The molecule has 1 unspecified atom stereocenters. The first kappa shape index (κ1) is 20.4. The Morgan fingerprint density at radius 1 is 1.14 bits per heavy atom. The first-order valence-corrected chi connectivity index (χ1v) is 6.67. The van der Waals surface area contributed by atoms with Crippen molar-refractivity contribution in [1.82, 2.24) is 10.3 Å². The molecular weight excluding hydrogens is 321 g/mol. The summed E-state index contributed by atoms with van der Waals surface area (Å²) in [6.07, 6.45) is 3.47. The maximum Gasteiger partial charge on any atom is 0.229 e. The van der Waals surface area contributed by atoms with Crippen LogP contribution in [0.25, 0.3) is 0 Å². The zero-order valence-electron chi connectivity index (χ0n) is 12.3. The van der Waals surface area contributed by atoms with Crippen LogP contribution >= 0.6 is 24.8 Å². The average molecular weight is 342 g/mol. The summed E-state index contributed by atoms with van der Waals surface area (Å²) in [6.45, 7) is 2.23. The second-order valence-corrected chi connectivity index (χ2v) is 4.72. The molecule has 6 heteroatoms. The van der Waals surface area contributed by atoms with Crippen LogP contribution in [-0.4, -0.2) is 17.4 Å². The number of hydrogen-bond acceptors (Lipinski definition) is 3. The lowest BCUT2D eigenvalue weighted by Gasteiger charge is -2.19. The van der Waals surface area contributed by atoms with Gasteiger partial charge in [-0.2, -0.15) is 0 Å². The molecule has 0 aliphatic heterocycles. The Morgan fingerprint density at radius 3 is 2.32 bits per heavy atom.